The van der Waals surface area contributed by atoms with Crippen molar-refractivity contribution in [2.24, 2.45) is 0 Å². The first-order chi connectivity index (χ1) is 13.1. The van der Waals surface area contributed by atoms with Crippen molar-refractivity contribution in [2.75, 3.05) is 13.2 Å². The van der Waals surface area contributed by atoms with Crippen molar-refractivity contribution in [3.8, 4) is 5.75 Å². The predicted octanol–water partition coefficient (Wildman–Crippen LogP) is 3.69. The maximum atomic E-state index is 13.1. The molecule has 1 heterocycles. The molecule has 0 saturated carbocycles. The fraction of sp³-hybridized carbons (Fsp3) is 0.182. The minimum absolute atomic E-state index is 0.194. The minimum Gasteiger partial charge on any atom is -0.492 e. The number of imide groups is 1. The van der Waals surface area contributed by atoms with Gasteiger partial charge in [-0.25, -0.2) is 4.79 Å². The van der Waals surface area contributed by atoms with E-state index in [-0.39, 0.29) is 19.1 Å². The van der Waals surface area contributed by atoms with Crippen LogP contribution in [0.15, 0.2) is 72.8 Å². The van der Waals surface area contributed by atoms with Crippen molar-refractivity contribution in [3.63, 3.8) is 0 Å². The second-order valence-corrected chi connectivity index (χ2v) is 6.70. The molecule has 0 radical (unpaired) electrons. The molecule has 4 rings (SSSR count). The van der Waals surface area contributed by atoms with Gasteiger partial charge in [0.25, 0.3) is 5.91 Å². The van der Waals surface area contributed by atoms with Crippen LogP contribution in [0.1, 0.15) is 12.5 Å². The molecule has 1 aliphatic heterocycles. The zero-order chi connectivity index (χ0) is 18.9. The van der Waals surface area contributed by atoms with Gasteiger partial charge in [-0.05, 0) is 35.4 Å². The second-order valence-electron chi connectivity index (χ2n) is 6.70. The fourth-order valence-corrected chi connectivity index (χ4v) is 3.52. The van der Waals surface area contributed by atoms with E-state index in [4.69, 9.17) is 4.74 Å². The van der Waals surface area contributed by atoms with Crippen molar-refractivity contribution in [3.05, 3.63) is 78.4 Å². The number of para-hydroxylation sites is 1. The highest BCUT2D eigenvalue weighted by atomic mass is 16.5. The molecular weight excluding hydrogens is 340 g/mol. The summed E-state index contributed by atoms with van der Waals surface area (Å²) in [6.07, 6.45) is 0. The Morgan fingerprint density at radius 1 is 0.926 bits per heavy atom. The molecule has 0 aromatic heterocycles. The van der Waals surface area contributed by atoms with Crippen molar-refractivity contribution >= 4 is 22.7 Å². The molecule has 1 saturated heterocycles. The third kappa shape index (κ3) is 3.01. The number of fused-ring (bicyclic) bond motifs is 1. The van der Waals surface area contributed by atoms with Gasteiger partial charge in [0, 0.05) is 0 Å². The zero-order valence-corrected chi connectivity index (χ0v) is 15.0. The normalized spacial score (nSPS) is 19.4. The average Bonchev–Trinajstić information content (AvgIpc) is 2.92. The number of urea groups is 1. The number of hydrogen-bond donors (Lipinski definition) is 1. The summed E-state index contributed by atoms with van der Waals surface area (Å²) in [5, 5.41) is 4.86. The molecule has 1 unspecified atom stereocenters. The lowest BCUT2D eigenvalue weighted by Gasteiger charge is -2.24. The SMILES string of the molecule is CC1(c2cccc3ccccc23)NC(=O)N(CCOc2ccccc2)C1=O. The summed E-state index contributed by atoms with van der Waals surface area (Å²) in [6, 6.07) is 22.6. The molecule has 136 valence electrons. The number of nitrogens with zero attached hydrogens (tertiary/aromatic N) is 1. The molecule has 3 aromatic rings. The van der Waals surface area contributed by atoms with Gasteiger partial charge < -0.3 is 10.1 Å². The number of carbonyl (C=O) groups is 2. The van der Waals surface area contributed by atoms with E-state index in [0.29, 0.717) is 5.75 Å². The second kappa shape index (κ2) is 6.76. The molecule has 0 bridgehead atoms. The van der Waals surface area contributed by atoms with E-state index >= 15 is 0 Å². The van der Waals surface area contributed by atoms with Crippen LogP contribution in [0.2, 0.25) is 0 Å². The number of carbonyl (C=O) groups excluding carboxylic acids is 2. The van der Waals surface area contributed by atoms with E-state index in [0.717, 1.165) is 16.3 Å². The molecule has 1 aliphatic rings. The quantitative estimate of drug-likeness (QED) is 0.706. The van der Waals surface area contributed by atoms with Crippen LogP contribution in [0.5, 0.6) is 5.75 Å². The summed E-state index contributed by atoms with van der Waals surface area (Å²) in [6.45, 7) is 2.20. The molecule has 3 amide bonds. The van der Waals surface area contributed by atoms with Crippen molar-refractivity contribution < 1.29 is 14.3 Å². The van der Waals surface area contributed by atoms with Gasteiger partial charge in [-0.15, -0.1) is 0 Å². The Bertz CT molecular complexity index is 997. The van der Waals surface area contributed by atoms with Gasteiger partial charge in [0.1, 0.15) is 17.9 Å². The van der Waals surface area contributed by atoms with Crippen LogP contribution in [0.4, 0.5) is 4.79 Å². The first-order valence-corrected chi connectivity index (χ1v) is 8.90. The van der Waals surface area contributed by atoms with Crippen LogP contribution in [-0.4, -0.2) is 30.0 Å². The van der Waals surface area contributed by atoms with Gasteiger partial charge in [-0.2, -0.15) is 0 Å². The van der Waals surface area contributed by atoms with E-state index in [1.807, 2.05) is 72.8 Å². The molecular formula is C22H20N2O3. The van der Waals surface area contributed by atoms with Crippen LogP contribution in [0.25, 0.3) is 10.8 Å². The molecule has 1 fully saturated rings. The lowest BCUT2D eigenvalue weighted by atomic mass is 9.88. The Labute approximate surface area is 157 Å². The highest BCUT2D eigenvalue weighted by Crippen LogP contribution is 2.33. The summed E-state index contributed by atoms with van der Waals surface area (Å²) < 4.78 is 5.63. The summed E-state index contributed by atoms with van der Waals surface area (Å²) >= 11 is 0. The smallest absolute Gasteiger partial charge is 0.325 e. The van der Waals surface area contributed by atoms with Crippen LogP contribution < -0.4 is 10.1 Å². The van der Waals surface area contributed by atoms with Crippen molar-refractivity contribution in [1.29, 1.82) is 0 Å². The van der Waals surface area contributed by atoms with Crippen LogP contribution in [0.3, 0.4) is 0 Å². The van der Waals surface area contributed by atoms with Crippen LogP contribution in [-0.2, 0) is 10.3 Å². The third-order valence-electron chi connectivity index (χ3n) is 4.93. The lowest BCUT2D eigenvalue weighted by Crippen LogP contribution is -2.41. The first-order valence-electron chi connectivity index (χ1n) is 8.90. The van der Waals surface area contributed by atoms with Gasteiger partial charge in [0.2, 0.25) is 0 Å². The van der Waals surface area contributed by atoms with Crippen molar-refractivity contribution in [1.82, 2.24) is 10.2 Å². The fourth-order valence-electron chi connectivity index (χ4n) is 3.52. The largest absolute Gasteiger partial charge is 0.492 e. The highest BCUT2D eigenvalue weighted by molar-refractivity contribution is 6.09. The summed E-state index contributed by atoms with van der Waals surface area (Å²) in [5.74, 6) is 0.446. The van der Waals surface area contributed by atoms with Gasteiger partial charge >= 0.3 is 6.03 Å². The van der Waals surface area contributed by atoms with Crippen LogP contribution in [0, 0.1) is 0 Å². The number of ether oxygens (including phenoxy) is 1. The molecule has 0 aliphatic carbocycles. The van der Waals surface area contributed by atoms with Gasteiger partial charge in [0.05, 0.1) is 6.54 Å². The summed E-state index contributed by atoms with van der Waals surface area (Å²) in [7, 11) is 0. The topological polar surface area (TPSA) is 58.6 Å². The lowest BCUT2D eigenvalue weighted by molar-refractivity contribution is -0.131. The average molecular weight is 360 g/mol. The molecule has 1 atom stereocenters. The molecule has 5 heteroatoms. The molecule has 3 aromatic carbocycles. The highest BCUT2D eigenvalue weighted by Gasteiger charge is 2.49. The molecule has 1 N–H and O–H groups in total. The van der Waals surface area contributed by atoms with Gasteiger partial charge in [-0.3, -0.25) is 9.69 Å². The predicted molar refractivity (Wildman–Crippen MR) is 103 cm³/mol. The van der Waals surface area contributed by atoms with E-state index in [1.54, 1.807) is 6.92 Å². The van der Waals surface area contributed by atoms with E-state index < -0.39 is 11.6 Å². The minimum atomic E-state index is -1.09. The van der Waals surface area contributed by atoms with Crippen molar-refractivity contribution in [2.45, 2.75) is 12.5 Å². The Hall–Kier alpha value is -3.34. The Morgan fingerprint density at radius 2 is 1.63 bits per heavy atom. The van der Waals surface area contributed by atoms with Gasteiger partial charge in [-0.1, -0.05) is 60.7 Å². The van der Waals surface area contributed by atoms with E-state index in [2.05, 4.69) is 5.32 Å². The van der Waals surface area contributed by atoms with E-state index in [9.17, 15) is 9.59 Å². The van der Waals surface area contributed by atoms with Crippen LogP contribution >= 0.6 is 0 Å². The Morgan fingerprint density at radius 3 is 2.44 bits per heavy atom. The summed E-state index contributed by atoms with van der Waals surface area (Å²) in [5.41, 5.74) is -0.296. The number of nitrogens with one attached hydrogen (secondary N) is 1. The maximum Gasteiger partial charge on any atom is 0.325 e. The number of amides is 3. The van der Waals surface area contributed by atoms with E-state index in [1.165, 1.54) is 4.90 Å². The summed E-state index contributed by atoms with van der Waals surface area (Å²) in [4.78, 5) is 26.8. The maximum absolute atomic E-state index is 13.1. The monoisotopic (exact) mass is 360 g/mol. The molecule has 27 heavy (non-hydrogen) atoms. The zero-order valence-electron chi connectivity index (χ0n) is 15.0. The molecule has 5 nitrogen and oxygen atoms in total. The molecule has 0 spiro atoms. The number of rotatable bonds is 5. The Kier molecular flexibility index (Phi) is 4.28. The standard InChI is InChI=1S/C22H20N2O3/c1-22(19-13-7-9-16-8-5-6-12-18(16)19)20(25)24(21(26)23-22)14-15-27-17-10-3-2-4-11-17/h2-13H,14-15H2,1H3,(H,23,26). The first kappa shape index (κ1) is 17.1. The number of hydrogen-bond acceptors (Lipinski definition) is 3. The number of benzene rings is 3. The van der Waals surface area contributed by atoms with Gasteiger partial charge in [0.15, 0.2) is 0 Å². The third-order valence-corrected chi connectivity index (χ3v) is 4.93. The Balaban J connectivity index is 1.56.